The molecule has 1 N–H and O–H groups in total. The summed E-state index contributed by atoms with van der Waals surface area (Å²) in [6.07, 6.45) is 14.1. The van der Waals surface area contributed by atoms with Crippen LogP contribution < -0.4 is 5.32 Å². The average Bonchev–Trinajstić information content (AvgIpc) is 3.20. The molecule has 2 heteroatoms. The molecule has 2 nitrogen and oxygen atoms in total. The Bertz CT molecular complexity index is 250. The Kier molecular flexibility index (Phi) is 6.15. The molecule has 0 saturated heterocycles. The zero-order chi connectivity index (χ0) is 13.6. The van der Waals surface area contributed by atoms with Gasteiger partial charge in [-0.25, -0.2) is 0 Å². The van der Waals surface area contributed by atoms with Crippen molar-refractivity contribution in [2.45, 2.75) is 77.2 Å². The molecule has 0 amide bonds. The van der Waals surface area contributed by atoms with E-state index in [2.05, 4.69) is 12.2 Å². The van der Waals surface area contributed by atoms with Crippen LogP contribution in [0.4, 0.5) is 0 Å². The van der Waals surface area contributed by atoms with Gasteiger partial charge >= 0.3 is 0 Å². The molecular weight excluding hydrogens is 234 g/mol. The number of ether oxygens (including phenoxy) is 1. The lowest BCUT2D eigenvalue weighted by atomic mass is 9.95. The number of hydrogen-bond donors (Lipinski definition) is 1. The van der Waals surface area contributed by atoms with Crippen LogP contribution in [0.25, 0.3) is 0 Å². The van der Waals surface area contributed by atoms with E-state index >= 15 is 0 Å². The van der Waals surface area contributed by atoms with Crippen LogP contribution >= 0.6 is 0 Å². The van der Waals surface area contributed by atoms with E-state index in [0.29, 0.717) is 5.41 Å². The maximum absolute atomic E-state index is 5.24. The molecule has 112 valence electrons. The first kappa shape index (κ1) is 15.3. The molecule has 2 aliphatic rings. The van der Waals surface area contributed by atoms with E-state index in [-0.39, 0.29) is 0 Å². The highest BCUT2D eigenvalue weighted by molar-refractivity contribution is 4.95. The summed E-state index contributed by atoms with van der Waals surface area (Å²) >= 11 is 0. The molecule has 2 atom stereocenters. The first-order chi connectivity index (χ1) is 9.28. The van der Waals surface area contributed by atoms with Crippen LogP contribution in [-0.2, 0) is 4.74 Å². The zero-order valence-electron chi connectivity index (χ0n) is 13.0. The summed E-state index contributed by atoms with van der Waals surface area (Å²) in [4.78, 5) is 0. The van der Waals surface area contributed by atoms with Crippen molar-refractivity contribution in [3.8, 4) is 0 Å². The maximum Gasteiger partial charge on any atom is 0.0468 e. The average molecular weight is 267 g/mol. The topological polar surface area (TPSA) is 21.3 Å². The molecule has 0 spiro atoms. The maximum atomic E-state index is 5.24. The molecule has 0 radical (unpaired) electrons. The van der Waals surface area contributed by atoms with Crippen LogP contribution in [0.15, 0.2) is 0 Å². The van der Waals surface area contributed by atoms with Crippen molar-refractivity contribution in [3.05, 3.63) is 0 Å². The van der Waals surface area contributed by atoms with Crippen molar-refractivity contribution in [3.63, 3.8) is 0 Å². The van der Waals surface area contributed by atoms with Crippen LogP contribution in [0.2, 0.25) is 0 Å². The van der Waals surface area contributed by atoms with Gasteiger partial charge in [0.25, 0.3) is 0 Å². The third-order valence-corrected chi connectivity index (χ3v) is 5.34. The summed E-state index contributed by atoms with van der Waals surface area (Å²) in [5.74, 6) is 1.01. The van der Waals surface area contributed by atoms with Gasteiger partial charge in [-0.2, -0.15) is 0 Å². The van der Waals surface area contributed by atoms with Gasteiger partial charge in [0.05, 0.1) is 0 Å². The lowest BCUT2D eigenvalue weighted by Gasteiger charge is -2.21. The van der Waals surface area contributed by atoms with Gasteiger partial charge in [-0.1, -0.05) is 32.6 Å². The Morgan fingerprint density at radius 3 is 2.68 bits per heavy atom. The molecule has 0 aromatic carbocycles. The second kappa shape index (κ2) is 7.64. The standard InChI is InChI=1S/C17H33NO/c1-3-5-15-6-4-7-16(9-8-15)18-14-17(10-11-17)12-13-19-2/h15-16,18H,3-14H2,1-2H3. The van der Waals surface area contributed by atoms with E-state index in [0.717, 1.165) is 18.6 Å². The Morgan fingerprint density at radius 2 is 2.00 bits per heavy atom. The first-order valence-electron chi connectivity index (χ1n) is 8.50. The third kappa shape index (κ3) is 5.07. The Morgan fingerprint density at radius 1 is 1.16 bits per heavy atom. The highest BCUT2D eigenvalue weighted by atomic mass is 16.5. The van der Waals surface area contributed by atoms with E-state index in [9.17, 15) is 0 Å². The van der Waals surface area contributed by atoms with Gasteiger partial charge in [-0.15, -0.1) is 0 Å². The van der Waals surface area contributed by atoms with Crippen molar-refractivity contribution in [1.82, 2.24) is 5.32 Å². The summed E-state index contributed by atoms with van der Waals surface area (Å²) in [6, 6.07) is 0.793. The molecule has 0 heterocycles. The fourth-order valence-corrected chi connectivity index (χ4v) is 3.65. The molecule has 2 fully saturated rings. The van der Waals surface area contributed by atoms with Gasteiger partial charge in [-0.3, -0.25) is 0 Å². The normalized spacial score (nSPS) is 30.0. The zero-order valence-corrected chi connectivity index (χ0v) is 13.0. The molecule has 0 aromatic rings. The summed E-state index contributed by atoms with van der Waals surface area (Å²) in [5, 5.41) is 3.88. The molecule has 2 rings (SSSR count). The van der Waals surface area contributed by atoms with Crippen LogP contribution in [-0.4, -0.2) is 26.3 Å². The number of methoxy groups -OCH3 is 1. The van der Waals surface area contributed by atoms with E-state index in [1.165, 1.54) is 70.8 Å². The smallest absolute Gasteiger partial charge is 0.0468 e. The molecular formula is C17H33NO. The van der Waals surface area contributed by atoms with E-state index < -0.39 is 0 Å². The first-order valence-corrected chi connectivity index (χ1v) is 8.50. The Hall–Kier alpha value is -0.0800. The SMILES string of the molecule is CCCC1CCCC(NCC2(CCOC)CC2)CC1. The molecule has 2 unspecified atom stereocenters. The number of hydrogen-bond acceptors (Lipinski definition) is 2. The minimum Gasteiger partial charge on any atom is -0.385 e. The fourth-order valence-electron chi connectivity index (χ4n) is 3.65. The van der Waals surface area contributed by atoms with E-state index in [1.54, 1.807) is 0 Å². The molecule has 19 heavy (non-hydrogen) atoms. The molecule has 0 bridgehead atoms. The Labute approximate surface area is 119 Å². The quantitative estimate of drug-likeness (QED) is 0.667. The van der Waals surface area contributed by atoms with Gasteiger partial charge in [0, 0.05) is 26.3 Å². The summed E-state index contributed by atoms with van der Waals surface area (Å²) in [6.45, 7) is 4.50. The van der Waals surface area contributed by atoms with Crippen molar-refractivity contribution in [2.24, 2.45) is 11.3 Å². The van der Waals surface area contributed by atoms with Gasteiger partial charge in [0.2, 0.25) is 0 Å². The lowest BCUT2D eigenvalue weighted by molar-refractivity contribution is 0.169. The van der Waals surface area contributed by atoms with Crippen LogP contribution in [0.5, 0.6) is 0 Å². The highest BCUT2D eigenvalue weighted by Gasteiger charge is 2.41. The minimum atomic E-state index is 0.602. The second-order valence-corrected chi connectivity index (χ2v) is 6.98. The third-order valence-electron chi connectivity index (χ3n) is 5.34. The number of rotatable bonds is 8. The predicted molar refractivity (Wildman–Crippen MR) is 81.4 cm³/mol. The van der Waals surface area contributed by atoms with Gasteiger partial charge in [0.15, 0.2) is 0 Å². The van der Waals surface area contributed by atoms with Crippen LogP contribution in [0, 0.1) is 11.3 Å². The summed E-state index contributed by atoms with van der Waals surface area (Å²) in [7, 11) is 1.82. The summed E-state index contributed by atoms with van der Waals surface area (Å²) < 4.78 is 5.24. The van der Waals surface area contributed by atoms with Gasteiger partial charge in [0.1, 0.15) is 0 Å². The second-order valence-electron chi connectivity index (χ2n) is 6.98. The number of nitrogens with one attached hydrogen (secondary N) is 1. The Balaban J connectivity index is 1.66. The molecule has 2 aliphatic carbocycles. The lowest BCUT2D eigenvalue weighted by Crippen LogP contribution is -2.34. The van der Waals surface area contributed by atoms with Crippen molar-refractivity contribution in [1.29, 1.82) is 0 Å². The largest absolute Gasteiger partial charge is 0.385 e. The van der Waals surface area contributed by atoms with Crippen molar-refractivity contribution in [2.75, 3.05) is 20.3 Å². The van der Waals surface area contributed by atoms with Gasteiger partial charge in [-0.05, 0) is 49.9 Å². The highest BCUT2D eigenvalue weighted by Crippen LogP contribution is 2.48. The minimum absolute atomic E-state index is 0.602. The van der Waals surface area contributed by atoms with Gasteiger partial charge < -0.3 is 10.1 Å². The van der Waals surface area contributed by atoms with Crippen molar-refractivity contribution < 1.29 is 4.74 Å². The monoisotopic (exact) mass is 267 g/mol. The van der Waals surface area contributed by atoms with E-state index in [1.807, 2.05) is 7.11 Å². The van der Waals surface area contributed by atoms with E-state index in [4.69, 9.17) is 4.74 Å². The molecule has 2 saturated carbocycles. The van der Waals surface area contributed by atoms with Crippen LogP contribution in [0.3, 0.4) is 0 Å². The van der Waals surface area contributed by atoms with Crippen molar-refractivity contribution >= 4 is 0 Å². The fraction of sp³-hybridized carbons (Fsp3) is 1.00. The summed E-state index contributed by atoms with van der Waals surface area (Å²) in [5.41, 5.74) is 0.602. The molecule has 0 aromatic heterocycles. The van der Waals surface area contributed by atoms with Crippen LogP contribution in [0.1, 0.15) is 71.1 Å². The predicted octanol–water partition coefficient (Wildman–Crippen LogP) is 4.14. The molecule has 0 aliphatic heterocycles.